The van der Waals surface area contributed by atoms with E-state index in [0.717, 1.165) is 27.5 Å². The number of carbonyl (C=O) groups is 1. The molecule has 3 aromatic rings. The number of amides is 1. The fourth-order valence-corrected chi connectivity index (χ4v) is 3.94. The van der Waals surface area contributed by atoms with Gasteiger partial charge in [0.2, 0.25) is 5.91 Å². The Hall–Kier alpha value is -2.50. The van der Waals surface area contributed by atoms with Crippen molar-refractivity contribution in [3.63, 3.8) is 0 Å². The van der Waals surface area contributed by atoms with Crippen molar-refractivity contribution < 1.29 is 9.53 Å². The van der Waals surface area contributed by atoms with Crippen LogP contribution in [0.3, 0.4) is 0 Å². The molecule has 5 heteroatoms. The van der Waals surface area contributed by atoms with Crippen LogP contribution in [0.1, 0.15) is 18.2 Å². The summed E-state index contributed by atoms with van der Waals surface area (Å²) in [6.07, 6.45) is 2.04. The van der Waals surface area contributed by atoms with Crippen LogP contribution in [0.25, 0.3) is 5.69 Å². The van der Waals surface area contributed by atoms with Crippen molar-refractivity contribution in [1.29, 1.82) is 0 Å². The van der Waals surface area contributed by atoms with Crippen molar-refractivity contribution >= 4 is 23.4 Å². The highest BCUT2D eigenvalue weighted by atomic mass is 32.2. The lowest BCUT2D eigenvalue weighted by molar-refractivity contribution is -0.115. The molecule has 132 valence electrons. The summed E-state index contributed by atoms with van der Waals surface area (Å²) in [4.78, 5) is 13.6. The van der Waals surface area contributed by atoms with E-state index in [1.165, 1.54) is 0 Å². The van der Waals surface area contributed by atoms with Crippen molar-refractivity contribution in [3.8, 4) is 5.69 Å². The van der Waals surface area contributed by atoms with Gasteiger partial charge in [0, 0.05) is 28.0 Å². The number of anilines is 1. The van der Waals surface area contributed by atoms with E-state index in [-0.39, 0.29) is 11.2 Å². The molecule has 26 heavy (non-hydrogen) atoms. The van der Waals surface area contributed by atoms with Crippen molar-refractivity contribution in [1.82, 2.24) is 4.57 Å². The number of benzene rings is 2. The molecule has 0 bridgehead atoms. The maximum absolute atomic E-state index is 12.5. The van der Waals surface area contributed by atoms with Gasteiger partial charge in [-0.25, -0.2) is 0 Å². The van der Waals surface area contributed by atoms with Crippen LogP contribution in [0.4, 0.5) is 5.69 Å². The third-order valence-electron chi connectivity index (χ3n) is 4.37. The number of aromatic nitrogens is 1. The van der Waals surface area contributed by atoms with E-state index in [9.17, 15) is 4.79 Å². The summed E-state index contributed by atoms with van der Waals surface area (Å²) in [5.74, 6) is -0.00463. The number of nitrogens with zero attached hydrogens (tertiary/aromatic N) is 1. The van der Waals surface area contributed by atoms with Crippen LogP contribution in [0.5, 0.6) is 0 Å². The molecule has 4 rings (SSSR count). The molecule has 0 spiro atoms. The minimum Gasteiger partial charge on any atom is -0.370 e. The number of fused-ring (bicyclic) bond motifs is 3. The molecule has 0 unspecified atom stereocenters. The molecule has 2 heterocycles. The zero-order chi connectivity index (χ0) is 17.9. The Morgan fingerprint density at radius 1 is 1.12 bits per heavy atom. The quantitative estimate of drug-likeness (QED) is 0.687. The first-order valence-electron chi connectivity index (χ1n) is 8.60. The number of nitrogens with one attached hydrogen (secondary N) is 1. The van der Waals surface area contributed by atoms with E-state index in [4.69, 9.17) is 4.74 Å². The van der Waals surface area contributed by atoms with Gasteiger partial charge in [-0.05, 0) is 49.4 Å². The van der Waals surface area contributed by atoms with E-state index in [2.05, 4.69) is 16.0 Å². The summed E-state index contributed by atoms with van der Waals surface area (Å²) in [6, 6.07) is 20.0. The van der Waals surface area contributed by atoms with Crippen LogP contribution < -0.4 is 5.32 Å². The van der Waals surface area contributed by atoms with Crippen molar-refractivity contribution in [3.05, 3.63) is 78.1 Å². The fraction of sp³-hybridized carbons (Fsp3) is 0.190. The van der Waals surface area contributed by atoms with Gasteiger partial charge in [-0.2, -0.15) is 0 Å². The first-order chi connectivity index (χ1) is 12.7. The van der Waals surface area contributed by atoms with Crippen molar-refractivity contribution in [2.45, 2.75) is 30.3 Å². The van der Waals surface area contributed by atoms with Crippen molar-refractivity contribution in [2.75, 3.05) is 5.32 Å². The molecule has 0 saturated carbocycles. The van der Waals surface area contributed by atoms with Gasteiger partial charge in [0.1, 0.15) is 0 Å². The van der Waals surface area contributed by atoms with Gasteiger partial charge in [0.15, 0.2) is 0 Å². The number of thioether (sulfide) groups is 1. The maximum Gasteiger partial charge on any atom is 0.237 e. The largest absolute Gasteiger partial charge is 0.370 e. The minimum absolute atomic E-state index is 0.00463. The molecule has 1 N–H and O–H groups in total. The fourth-order valence-electron chi connectivity index (χ4n) is 3.05. The summed E-state index contributed by atoms with van der Waals surface area (Å²) in [7, 11) is 0. The van der Waals surface area contributed by atoms with Crippen LogP contribution in [0.15, 0.2) is 71.8 Å². The monoisotopic (exact) mass is 364 g/mol. The van der Waals surface area contributed by atoms with Crippen LogP contribution in [0, 0.1) is 0 Å². The lowest BCUT2D eigenvalue weighted by atomic mass is 10.1. The molecule has 1 aliphatic rings. The smallest absolute Gasteiger partial charge is 0.237 e. The molecule has 0 fully saturated rings. The van der Waals surface area contributed by atoms with Gasteiger partial charge in [0.25, 0.3) is 0 Å². The number of rotatable bonds is 4. The molecule has 4 nitrogen and oxygen atoms in total. The highest BCUT2D eigenvalue weighted by molar-refractivity contribution is 8.00. The number of hydrogen-bond acceptors (Lipinski definition) is 3. The molecule has 0 radical (unpaired) electrons. The summed E-state index contributed by atoms with van der Waals surface area (Å²) in [6.45, 7) is 3.05. The summed E-state index contributed by atoms with van der Waals surface area (Å²) >= 11 is 1.55. The highest BCUT2D eigenvalue weighted by Crippen LogP contribution is 2.27. The Kier molecular flexibility index (Phi) is 4.82. The number of carbonyl (C=O) groups excluding carboxylic acids is 1. The summed E-state index contributed by atoms with van der Waals surface area (Å²) in [5.41, 5.74) is 4.11. The molecule has 0 aliphatic carbocycles. The Morgan fingerprint density at radius 3 is 2.81 bits per heavy atom. The molecular weight excluding hydrogens is 344 g/mol. The van der Waals surface area contributed by atoms with E-state index in [0.29, 0.717) is 13.2 Å². The van der Waals surface area contributed by atoms with E-state index in [1.54, 1.807) is 11.8 Å². The Balaban J connectivity index is 1.49. The van der Waals surface area contributed by atoms with Gasteiger partial charge in [-0.15, -0.1) is 11.8 Å². The van der Waals surface area contributed by atoms with Crippen molar-refractivity contribution in [2.24, 2.45) is 0 Å². The lowest BCUT2D eigenvalue weighted by Crippen LogP contribution is -2.22. The van der Waals surface area contributed by atoms with E-state index >= 15 is 0 Å². The Labute approximate surface area is 157 Å². The van der Waals surface area contributed by atoms with Gasteiger partial charge in [-0.1, -0.05) is 18.2 Å². The Bertz CT molecular complexity index is 921. The molecule has 1 atom stereocenters. The first kappa shape index (κ1) is 16.9. The normalized spacial score (nSPS) is 14.0. The van der Waals surface area contributed by atoms with Crippen LogP contribution in [0.2, 0.25) is 0 Å². The standard InChI is InChI=1S/C21H20N2O2S/c1-15(26-19-7-3-2-4-8-19)21(24)22-17-9-10-20-16(12-17)13-25-14-18-6-5-11-23(18)20/h2-12,15H,13-14H2,1H3,(H,22,24)/t15-/m1/s1. The predicted molar refractivity (Wildman–Crippen MR) is 105 cm³/mol. The molecule has 1 aliphatic heterocycles. The zero-order valence-electron chi connectivity index (χ0n) is 14.5. The molecule has 0 saturated heterocycles. The third-order valence-corrected chi connectivity index (χ3v) is 5.48. The first-order valence-corrected chi connectivity index (χ1v) is 9.48. The summed E-state index contributed by atoms with van der Waals surface area (Å²) < 4.78 is 7.90. The lowest BCUT2D eigenvalue weighted by Gasteiger charge is -2.14. The van der Waals surface area contributed by atoms with Gasteiger partial charge in [0.05, 0.1) is 24.2 Å². The predicted octanol–water partition coefficient (Wildman–Crippen LogP) is 4.63. The van der Waals surface area contributed by atoms with Crippen LogP contribution in [-0.4, -0.2) is 15.7 Å². The summed E-state index contributed by atoms with van der Waals surface area (Å²) in [5, 5.41) is 2.85. The van der Waals surface area contributed by atoms with E-state index in [1.807, 2.05) is 67.7 Å². The average Bonchev–Trinajstić information content (AvgIpc) is 3.04. The van der Waals surface area contributed by atoms with Gasteiger partial charge < -0.3 is 14.6 Å². The third kappa shape index (κ3) is 3.54. The maximum atomic E-state index is 12.5. The number of hydrogen-bond donors (Lipinski definition) is 1. The average molecular weight is 364 g/mol. The van der Waals surface area contributed by atoms with Crippen LogP contribution in [-0.2, 0) is 22.7 Å². The topological polar surface area (TPSA) is 43.3 Å². The van der Waals surface area contributed by atoms with E-state index < -0.39 is 0 Å². The molecule has 1 aromatic heterocycles. The number of ether oxygens (including phenoxy) is 1. The second-order valence-corrected chi connectivity index (χ2v) is 7.68. The van der Waals surface area contributed by atoms with Gasteiger partial charge >= 0.3 is 0 Å². The zero-order valence-corrected chi connectivity index (χ0v) is 15.3. The molecule has 2 aromatic carbocycles. The SMILES string of the molecule is C[C@@H](Sc1ccccc1)C(=O)Nc1ccc2c(c1)COCc1cccn1-2. The van der Waals surface area contributed by atoms with Crippen LogP contribution >= 0.6 is 11.8 Å². The Morgan fingerprint density at radius 2 is 1.96 bits per heavy atom. The molecule has 1 amide bonds. The second kappa shape index (κ2) is 7.40. The molecular formula is C21H20N2O2S. The minimum atomic E-state index is -0.177. The highest BCUT2D eigenvalue weighted by Gasteiger charge is 2.17. The second-order valence-electron chi connectivity index (χ2n) is 6.27. The van der Waals surface area contributed by atoms with Gasteiger partial charge in [-0.3, -0.25) is 4.79 Å².